The van der Waals surface area contributed by atoms with Crippen molar-refractivity contribution in [2.24, 2.45) is 0 Å². The van der Waals surface area contributed by atoms with Gasteiger partial charge in [-0.05, 0) is 24.5 Å². The molecule has 0 unspecified atom stereocenters. The van der Waals surface area contributed by atoms with Gasteiger partial charge in [0.15, 0.2) is 0 Å². The number of hydrogen-bond acceptors (Lipinski definition) is 0. The Labute approximate surface area is 137 Å². The topological polar surface area (TPSA) is 0 Å². The number of rotatable bonds is 1. The lowest BCUT2D eigenvalue weighted by Gasteiger charge is -1.98. The van der Waals surface area contributed by atoms with Crippen molar-refractivity contribution in [1.82, 2.24) is 0 Å². The summed E-state index contributed by atoms with van der Waals surface area (Å²) in [7, 11) is 0. The van der Waals surface area contributed by atoms with Gasteiger partial charge in [-0.1, -0.05) is 106 Å². The maximum atomic E-state index is 3.12. The highest BCUT2D eigenvalue weighted by molar-refractivity contribution is 5.24. The molecule has 0 aliphatic heterocycles. The second-order valence-electron chi connectivity index (χ2n) is 3.24. The van der Waals surface area contributed by atoms with Crippen LogP contribution in [0.3, 0.4) is 0 Å². The second-order valence-corrected chi connectivity index (χ2v) is 3.24. The smallest absolute Gasteiger partial charge is 0.0305 e. The number of benzene rings is 1. The van der Waals surface area contributed by atoms with E-state index >= 15 is 0 Å². The predicted molar refractivity (Wildman–Crippen MR) is 105 cm³/mol. The first-order valence-corrected chi connectivity index (χ1v) is 8.51. The largest absolute Gasteiger partial charge is 0.137 e. The van der Waals surface area contributed by atoms with E-state index in [0.717, 1.165) is 6.42 Å². The van der Waals surface area contributed by atoms with E-state index in [-0.39, 0.29) is 0 Å². The van der Waals surface area contributed by atoms with E-state index in [1.54, 1.807) is 0 Å². The summed E-state index contributed by atoms with van der Waals surface area (Å²) in [4.78, 5) is 0. The highest BCUT2D eigenvalue weighted by Gasteiger charge is 1.89. The van der Waals surface area contributed by atoms with Gasteiger partial charge in [-0.3, -0.25) is 0 Å². The first-order valence-electron chi connectivity index (χ1n) is 8.51. The van der Waals surface area contributed by atoms with E-state index in [2.05, 4.69) is 70.8 Å². The second kappa shape index (κ2) is 42.8. The van der Waals surface area contributed by atoms with Gasteiger partial charge in [-0.25, -0.2) is 0 Å². The van der Waals surface area contributed by atoms with Gasteiger partial charge in [-0.2, -0.15) is 0 Å². The van der Waals surface area contributed by atoms with E-state index in [1.165, 1.54) is 17.5 Å². The maximum Gasteiger partial charge on any atom is -0.0305 e. The Morgan fingerprint density at radius 2 is 1.10 bits per heavy atom. The lowest BCUT2D eigenvalue weighted by Crippen LogP contribution is -1.82. The van der Waals surface area contributed by atoms with Crippen LogP contribution in [0.5, 0.6) is 0 Å². The molecule has 0 N–H and O–H groups in total. The first kappa shape index (κ1) is 31.9. The Morgan fingerprint density at radius 3 is 1.29 bits per heavy atom. The molecular weight excluding hydrogens is 252 g/mol. The van der Waals surface area contributed by atoms with Gasteiger partial charge in [0.05, 0.1) is 0 Å². The molecule has 1 aromatic carbocycles. The molecule has 1 rings (SSSR count). The van der Waals surface area contributed by atoms with Crippen LogP contribution in [0.15, 0.2) is 43.2 Å². The first-order chi connectivity index (χ1) is 10.2. The van der Waals surface area contributed by atoms with Crippen molar-refractivity contribution < 1.29 is 0 Å². The molecule has 0 aliphatic rings. The fourth-order valence-corrected chi connectivity index (χ4v) is 1.01. The fourth-order valence-electron chi connectivity index (χ4n) is 1.01. The number of hydrogen-bond donors (Lipinski definition) is 0. The van der Waals surface area contributed by atoms with Crippen LogP contribution in [0, 0.1) is 6.92 Å². The van der Waals surface area contributed by atoms with Crippen LogP contribution < -0.4 is 0 Å². The summed E-state index contributed by atoms with van der Waals surface area (Å²) in [6.45, 7) is 26.8. The Hall–Kier alpha value is -1.26. The molecule has 1 aromatic rings. The SMILES string of the molecule is C=C=C.CC.CC.CC.CCC.CCc1ccccc1C. The molecule has 0 heterocycles. The van der Waals surface area contributed by atoms with Crippen molar-refractivity contribution in [3.05, 3.63) is 54.3 Å². The maximum absolute atomic E-state index is 3.12. The Kier molecular flexibility index (Phi) is 65.0. The molecule has 0 aromatic heterocycles. The zero-order valence-electron chi connectivity index (χ0n) is 16.6. The molecule has 126 valence electrons. The summed E-state index contributed by atoms with van der Waals surface area (Å²) < 4.78 is 0. The summed E-state index contributed by atoms with van der Waals surface area (Å²) in [5.74, 6) is 0. The standard InChI is InChI=1S/C9H12.C3H8.C3H4.3C2H6/c1-3-9-7-5-4-6-8(9)2;2*1-3-2;3*1-2/h4-7H,3H2,1-2H3;3H2,1-2H3;1-2H2;3*1-2H3. The van der Waals surface area contributed by atoms with E-state index < -0.39 is 0 Å². The van der Waals surface area contributed by atoms with E-state index in [0.29, 0.717) is 0 Å². The fraction of sp³-hybridized carbons (Fsp3) is 0.571. The summed E-state index contributed by atoms with van der Waals surface area (Å²) >= 11 is 0. The minimum atomic E-state index is 1.15. The lowest BCUT2D eigenvalue weighted by molar-refractivity contribution is 1.09. The molecule has 0 heteroatoms. The zero-order chi connectivity index (χ0) is 18.1. The molecule has 0 amide bonds. The van der Waals surface area contributed by atoms with Crippen LogP contribution >= 0.6 is 0 Å². The molecular formula is C21H42. The highest BCUT2D eigenvalue weighted by Crippen LogP contribution is 2.06. The van der Waals surface area contributed by atoms with Crippen molar-refractivity contribution in [3.63, 3.8) is 0 Å². The third-order valence-corrected chi connectivity index (χ3v) is 1.64. The molecule has 0 saturated heterocycles. The monoisotopic (exact) mass is 294 g/mol. The molecule has 0 fully saturated rings. The highest BCUT2D eigenvalue weighted by atomic mass is 13.9. The van der Waals surface area contributed by atoms with Crippen molar-refractivity contribution >= 4 is 0 Å². The molecule has 0 spiro atoms. The quantitative estimate of drug-likeness (QED) is 0.460. The zero-order valence-corrected chi connectivity index (χ0v) is 16.6. The van der Waals surface area contributed by atoms with Crippen LogP contribution in [-0.4, -0.2) is 0 Å². The van der Waals surface area contributed by atoms with Gasteiger partial charge in [0, 0.05) is 0 Å². The Morgan fingerprint density at radius 1 is 0.810 bits per heavy atom. The minimum absolute atomic E-state index is 1.15. The van der Waals surface area contributed by atoms with Gasteiger partial charge >= 0.3 is 0 Å². The van der Waals surface area contributed by atoms with Crippen LogP contribution in [0.1, 0.15) is 79.9 Å². The Bertz CT molecular complexity index is 265. The summed E-state index contributed by atoms with van der Waals surface area (Å²) in [6, 6.07) is 8.49. The Balaban J connectivity index is -0.0000000603. The van der Waals surface area contributed by atoms with Crippen LogP contribution in [0.4, 0.5) is 0 Å². The average molecular weight is 295 g/mol. The van der Waals surface area contributed by atoms with Gasteiger partial charge in [-0.15, -0.1) is 5.73 Å². The normalized spacial score (nSPS) is 6.19. The van der Waals surface area contributed by atoms with E-state index in [9.17, 15) is 0 Å². The molecule has 0 radical (unpaired) electrons. The third-order valence-electron chi connectivity index (χ3n) is 1.64. The molecule has 0 nitrogen and oxygen atoms in total. The van der Waals surface area contributed by atoms with Crippen molar-refractivity contribution in [1.29, 1.82) is 0 Å². The minimum Gasteiger partial charge on any atom is -0.137 e. The van der Waals surface area contributed by atoms with Crippen LogP contribution in [0.25, 0.3) is 0 Å². The predicted octanol–water partition coefficient (Wildman–Crippen LogP) is 8.01. The summed E-state index contributed by atoms with van der Waals surface area (Å²) in [5.41, 5.74) is 5.11. The van der Waals surface area contributed by atoms with Crippen molar-refractivity contribution in [2.75, 3.05) is 0 Å². The van der Waals surface area contributed by atoms with E-state index in [4.69, 9.17) is 0 Å². The molecule has 21 heavy (non-hydrogen) atoms. The van der Waals surface area contributed by atoms with Crippen molar-refractivity contribution in [3.8, 4) is 0 Å². The van der Waals surface area contributed by atoms with Crippen LogP contribution in [-0.2, 0) is 6.42 Å². The average Bonchev–Trinajstić information content (AvgIpc) is 2.55. The third kappa shape index (κ3) is 38.1. The van der Waals surface area contributed by atoms with Crippen LogP contribution in [0.2, 0.25) is 0 Å². The molecule has 0 bridgehead atoms. The summed E-state index contributed by atoms with van der Waals surface area (Å²) in [6.07, 6.45) is 2.40. The van der Waals surface area contributed by atoms with E-state index in [1.807, 2.05) is 41.5 Å². The van der Waals surface area contributed by atoms with Gasteiger partial charge in [0.1, 0.15) is 0 Å². The lowest BCUT2D eigenvalue weighted by atomic mass is 10.1. The van der Waals surface area contributed by atoms with Gasteiger partial charge in [0.25, 0.3) is 0 Å². The number of aryl methyl sites for hydroxylation is 2. The van der Waals surface area contributed by atoms with Gasteiger partial charge < -0.3 is 0 Å². The molecule has 0 atom stereocenters. The molecule has 0 saturated carbocycles. The molecule has 0 aliphatic carbocycles. The van der Waals surface area contributed by atoms with Crippen molar-refractivity contribution in [2.45, 2.75) is 82.1 Å². The van der Waals surface area contributed by atoms with Gasteiger partial charge in [0.2, 0.25) is 0 Å². The summed E-state index contributed by atoms with van der Waals surface area (Å²) in [5, 5.41) is 0.